The summed E-state index contributed by atoms with van der Waals surface area (Å²) in [5, 5.41) is 9.36. The summed E-state index contributed by atoms with van der Waals surface area (Å²) >= 11 is 0. The molecule has 0 radical (unpaired) electrons. The standard InChI is InChI=1S/C24H31FN4O3/c25-19-1-2-21(18-6-11-30-12-7-18)22(13-19)17-4-9-28(10-5-17)20-3-8-24(14-20)15-29(32-24)23-27-26-16-31-23/h1-2,13,16-18,20H,3-12,14-15H2/t20?,24-/m0/s1. The number of aromatic nitrogens is 2. The summed E-state index contributed by atoms with van der Waals surface area (Å²) in [5.41, 5.74) is 2.53. The Morgan fingerprint density at radius 1 is 1.00 bits per heavy atom. The van der Waals surface area contributed by atoms with Crippen LogP contribution < -0.4 is 5.06 Å². The third-order valence-electron chi connectivity index (χ3n) is 8.03. The van der Waals surface area contributed by atoms with Gasteiger partial charge in [0.2, 0.25) is 6.39 Å². The van der Waals surface area contributed by atoms with Crippen molar-refractivity contribution in [3.8, 4) is 0 Å². The molecule has 2 aromatic rings. The van der Waals surface area contributed by atoms with E-state index in [0.29, 0.717) is 23.9 Å². The van der Waals surface area contributed by atoms with Crippen molar-refractivity contribution in [1.82, 2.24) is 15.1 Å². The number of ether oxygens (including phenoxy) is 1. The zero-order valence-electron chi connectivity index (χ0n) is 18.4. The number of piperidine rings is 1. The van der Waals surface area contributed by atoms with Gasteiger partial charge in [0.05, 0.1) is 6.54 Å². The summed E-state index contributed by atoms with van der Waals surface area (Å²) in [6.45, 7) is 4.59. The van der Waals surface area contributed by atoms with Crippen LogP contribution in [0.15, 0.2) is 29.0 Å². The van der Waals surface area contributed by atoms with Crippen LogP contribution in [0.4, 0.5) is 10.4 Å². The minimum atomic E-state index is -0.107. The van der Waals surface area contributed by atoms with E-state index in [0.717, 1.165) is 77.8 Å². The van der Waals surface area contributed by atoms with Gasteiger partial charge in [-0.2, -0.15) is 5.06 Å². The van der Waals surface area contributed by atoms with E-state index < -0.39 is 0 Å². The van der Waals surface area contributed by atoms with E-state index in [4.69, 9.17) is 14.0 Å². The molecule has 3 aliphatic heterocycles. The molecule has 4 fully saturated rings. The van der Waals surface area contributed by atoms with Gasteiger partial charge in [0.15, 0.2) is 0 Å². The van der Waals surface area contributed by atoms with Crippen LogP contribution in [0, 0.1) is 5.82 Å². The molecule has 7 nitrogen and oxygen atoms in total. The molecule has 0 bridgehead atoms. The lowest BCUT2D eigenvalue weighted by molar-refractivity contribution is -0.151. The first-order valence-corrected chi connectivity index (χ1v) is 12.0. The minimum absolute atomic E-state index is 0.0746. The Labute approximate surface area is 187 Å². The summed E-state index contributed by atoms with van der Waals surface area (Å²) in [6, 6.07) is 6.48. The van der Waals surface area contributed by atoms with E-state index in [9.17, 15) is 4.39 Å². The van der Waals surface area contributed by atoms with Gasteiger partial charge in [-0.3, -0.25) is 4.84 Å². The normalized spacial score (nSPS) is 30.2. The lowest BCUT2D eigenvalue weighted by Gasteiger charge is -2.46. The molecule has 1 aliphatic carbocycles. The Morgan fingerprint density at radius 3 is 2.53 bits per heavy atom. The fourth-order valence-electron chi connectivity index (χ4n) is 6.33. The molecule has 172 valence electrons. The average molecular weight is 443 g/mol. The maximum Gasteiger partial charge on any atom is 0.342 e. The van der Waals surface area contributed by atoms with E-state index in [-0.39, 0.29) is 11.4 Å². The topological polar surface area (TPSA) is 63.9 Å². The van der Waals surface area contributed by atoms with Crippen LogP contribution in [-0.2, 0) is 9.57 Å². The van der Waals surface area contributed by atoms with Crippen molar-refractivity contribution >= 4 is 6.01 Å². The molecule has 2 atom stereocenters. The number of hydroxylamine groups is 1. The van der Waals surface area contributed by atoms with Crippen molar-refractivity contribution in [2.75, 3.05) is 37.9 Å². The van der Waals surface area contributed by atoms with Gasteiger partial charge in [0, 0.05) is 19.3 Å². The van der Waals surface area contributed by atoms with Gasteiger partial charge in [-0.25, -0.2) is 4.39 Å². The maximum absolute atomic E-state index is 14.2. The van der Waals surface area contributed by atoms with Gasteiger partial charge in [-0.1, -0.05) is 11.2 Å². The first-order chi connectivity index (χ1) is 15.7. The Morgan fingerprint density at radius 2 is 1.78 bits per heavy atom. The van der Waals surface area contributed by atoms with Crippen LogP contribution >= 0.6 is 0 Å². The van der Waals surface area contributed by atoms with Crippen LogP contribution in [0.3, 0.4) is 0 Å². The summed E-state index contributed by atoms with van der Waals surface area (Å²) in [4.78, 5) is 8.73. The molecular weight excluding hydrogens is 411 g/mol. The number of benzene rings is 1. The van der Waals surface area contributed by atoms with Crippen LogP contribution in [-0.4, -0.2) is 59.6 Å². The highest BCUT2D eigenvalue weighted by atomic mass is 19.1. The summed E-state index contributed by atoms with van der Waals surface area (Å²) in [7, 11) is 0. The molecule has 0 amide bonds. The first-order valence-electron chi connectivity index (χ1n) is 12.0. The highest BCUT2D eigenvalue weighted by molar-refractivity contribution is 5.35. The molecule has 1 aromatic carbocycles. The second-order valence-electron chi connectivity index (χ2n) is 9.90. The Hall–Kier alpha value is -2.03. The SMILES string of the molecule is Fc1ccc(C2CCOCC2)c(C2CCN(C3CC[C@]4(C3)CN(c3nnco3)O4)CC2)c1. The molecule has 32 heavy (non-hydrogen) atoms. The van der Waals surface area contributed by atoms with Gasteiger partial charge in [-0.15, -0.1) is 5.10 Å². The summed E-state index contributed by atoms with van der Waals surface area (Å²) < 4.78 is 25.0. The molecule has 1 aromatic heterocycles. The lowest BCUT2D eigenvalue weighted by Crippen LogP contribution is -2.59. The van der Waals surface area contributed by atoms with Gasteiger partial charge in [-0.05, 0) is 93.1 Å². The average Bonchev–Trinajstić information content (AvgIpc) is 3.49. The molecule has 0 N–H and O–H groups in total. The zero-order valence-corrected chi connectivity index (χ0v) is 18.4. The van der Waals surface area contributed by atoms with Crippen LogP contribution in [0.25, 0.3) is 0 Å². The molecule has 3 saturated heterocycles. The van der Waals surface area contributed by atoms with Crippen LogP contribution in [0.1, 0.15) is 67.9 Å². The highest BCUT2D eigenvalue weighted by Crippen LogP contribution is 2.45. The second-order valence-corrected chi connectivity index (χ2v) is 9.90. The Bertz CT molecular complexity index is 919. The molecule has 1 saturated carbocycles. The number of nitrogens with zero attached hydrogens (tertiary/aromatic N) is 4. The summed E-state index contributed by atoms with van der Waals surface area (Å²) in [5.74, 6) is 0.844. The number of rotatable bonds is 4. The highest BCUT2D eigenvalue weighted by Gasteiger charge is 2.53. The maximum atomic E-state index is 14.2. The molecule has 8 heteroatoms. The van der Waals surface area contributed by atoms with E-state index in [1.54, 1.807) is 11.1 Å². The molecule has 4 aliphatic rings. The monoisotopic (exact) mass is 442 g/mol. The summed E-state index contributed by atoms with van der Waals surface area (Å²) in [6.07, 6.45) is 8.89. The van der Waals surface area contributed by atoms with E-state index in [1.165, 1.54) is 17.5 Å². The molecule has 1 unspecified atom stereocenters. The van der Waals surface area contributed by atoms with Crippen molar-refractivity contribution in [3.63, 3.8) is 0 Å². The van der Waals surface area contributed by atoms with Gasteiger partial charge in [0.1, 0.15) is 11.4 Å². The van der Waals surface area contributed by atoms with E-state index in [1.807, 2.05) is 12.1 Å². The number of hydrogen-bond donors (Lipinski definition) is 0. The fraction of sp³-hybridized carbons (Fsp3) is 0.667. The Kier molecular flexibility index (Phi) is 5.39. The van der Waals surface area contributed by atoms with Gasteiger partial charge >= 0.3 is 6.01 Å². The van der Waals surface area contributed by atoms with Crippen molar-refractivity contribution in [3.05, 3.63) is 41.5 Å². The largest absolute Gasteiger partial charge is 0.409 e. The minimum Gasteiger partial charge on any atom is -0.409 e. The first kappa shape index (κ1) is 20.6. The molecule has 6 rings (SSSR count). The van der Waals surface area contributed by atoms with Crippen LogP contribution in [0.5, 0.6) is 0 Å². The van der Waals surface area contributed by atoms with E-state index >= 15 is 0 Å². The predicted octanol–water partition coefficient (Wildman–Crippen LogP) is 4.03. The molecule has 1 spiro atoms. The third-order valence-corrected chi connectivity index (χ3v) is 8.03. The quantitative estimate of drug-likeness (QED) is 0.708. The number of hydrogen-bond acceptors (Lipinski definition) is 7. The van der Waals surface area contributed by atoms with Crippen molar-refractivity contribution in [2.45, 2.75) is 68.4 Å². The number of anilines is 1. The zero-order chi connectivity index (χ0) is 21.5. The third kappa shape index (κ3) is 3.82. The van der Waals surface area contributed by atoms with Crippen LogP contribution in [0.2, 0.25) is 0 Å². The fourth-order valence-corrected chi connectivity index (χ4v) is 6.33. The van der Waals surface area contributed by atoms with Gasteiger partial charge < -0.3 is 14.1 Å². The predicted molar refractivity (Wildman–Crippen MR) is 116 cm³/mol. The molecule has 4 heterocycles. The lowest BCUT2D eigenvalue weighted by atomic mass is 9.80. The number of likely N-dealkylation sites (tertiary alicyclic amines) is 1. The van der Waals surface area contributed by atoms with Crippen molar-refractivity contribution in [2.24, 2.45) is 0 Å². The Balaban J connectivity index is 1.07. The van der Waals surface area contributed by atoms with Crippen molar-refractivity contribution in [1.29, 1.82) is 0 Å². The number of halogens is 1. The van der Waals surface area contributed by atoms with Crippen molar-refractivity contribution < 1.29 is 18.4 Å². The van der Waals surface area contributed by atoms with Gasteiger partial charge in [0.25, 0.3) is 0 Å². The smallest absolute Gasteiger partial charge is 0.342 e. The molecular formula is C24H31FN4O3. The van der Waals surface area contributed by atoms with E-state index in [2.05, 4.69) is 15.1 Å². The second kappa shape index (κ2) is 8.39.